The third kappa shape index (κ3) is 2.83. The van der Waals surface area contributed by atoms with Crippen LogP contribution in [0.25, 0.3) is 0 Å². The van der Waals surface area contributed by atoms with Crippen molar-refractivity contribution in [2.75, 3.05) is 13.1 Å². The predicted molar refractivity (Wildman–Crippen MR) is 65.0 cm³/mol. The first-order chi connectivity index (χ1) is 7.79. The molecule has 0 fully saturated rings. The lowest BCUT2D eigenvalue weighted by Gasteiger charge is -2.27. The van der Waals surface area contributed by atoms with E-state index in [4.69, 9.17) is 5.73 Å². The standard InChI is InChI=1S/C12H22N4/c1-2-11(13)4-3-6-15-8-9-16-7-5-14-12(16)10-15/h5,7,11H,2-4,6,8-10,13H2,1H3. The van der Waals surface area contributed by atoms with Crippen LogP contribution in [0.4, 0.5) is 0 Å². The molecule has 0 aromatic carbocycles. The van der Waals surface area contributed by atoms with Gasteiger partial charge in [-0.3, -0.25) is 4.90 Å². The fourth-order valence-electron chi connectivity index (χ4n) is 2.20. The lowest BCUT2D eigenvalue weighted by atomic mass is 10.1. The highest BCUT2D eigenvalue weighted by Crippen LogP contribution is 2.11. The molecule has 0 radical (unpaired) electrons. The molecule has 1 atom stereocenters. The van der Waals surface area contributed by atoms with E-state index in [0.29, 0.717) is 6.04 Å². The van der Waals surface area contributed by atoms with Crippen LogP contribution in [0.5, 0.6) is 0 Å². The molecule has 0 saturated heterocycles. The second-order valence-corrected chi connectivity index (χ2v) is 4.62. The molecule has 2 rings (SSSR count). The van der Waals surface area contributed by atoms with Gasteiger partial charge in [-0.2, -0.15) is 0 Å². The molecule has 1 aliphatic heterocycles. The summed E-state index contributed by atoms with van der Waals surface area (Å²) in [4.78, 5) is 6.84. The normalized spacial score (nSPS) is 18.4. The van der Waals surface area contributed by atoms with Crippen molar-refractivity contribution in [1.29, 1.82) is 0 Å². The van der Waals surface area contributed by atoms with E-state index in [1.165, 1.54) is 12.2 Å². The molecule has 1 aromatic heterocycles. The number of hydrogen-bond donors (Lipinski definition) is 1. The minimum Gasteiger partial charge on any atom is -0.333 e. The van der Waals surface area contributed by atoms with Gasteiger partial charge in [0.2, 0.25) is 0 Å². The van der Waals surface area contributed by atoms with Crippen molar-refractivity contribution in [3.8, 4) is 0 Å². The quantitative estimate of drug-likeness (QED) is 0.814. The van der Waals surface area contributed by atoms with Crippen molar-refractivity contribution in [3.63, 3.8) is 0 Å². The summed E-state index contributed by atoms with van der Waals surface area (Å²) in [5, 5.41) is 0. The number of imidazole rings is 1. The van der Waals surface area contributed by atoms with Crippen molar-refractivity contribution in [3.05, 3.63) is 18.2 Å². The molecule has 0 bridgehead atoms. The van der Waals surface area contributed by atoms with E-state index in [0.717, 1.165) is 39.0 Å². The first kappa shape index (κ1) is 11.6. The van der Waals surface area contributed by atoms with Crippen LogP contribution in [-0.4, -0.2) is 33.6 Å². The van der Waals surface area contributed by atoms with E-state index in [9.17, 15) is 0 Å². The Hall–Kier alpha value is -0.870. The Balaban J connectivity index is 1.73. The maximum atomic E-state index is 5.91. The highest BCUT2D eigenvalue weighted by atomic mass is 15.2. The van der Waals surface area contributed by atoms with Crippen LogP contribution in [0.1, 0.15) is 32.0 Å². The molecule has 1 aromatic rings. The van der Waals surface area contributed by atoms with E-state index in [1.54, 1.807) is 0 Å². The van der Waals surface area contributed by atoms with Gasteiger partial charge in [0, 0.05) is 31.5 Å². The second kappa shape index (κ2) is 5.46. The van der Waals surface area contributed by atoms with Crippen molar-refractivity contribution in [1.82, 2.24) is 14.5 Å². The van der Waals surface area contributed by atoms with E-state index < -0.39 is 0 Å². The number of nitrogens with two attached hydrogens (primary N) is 1. The Labute approximate surface area is 97.4 Å². The van der Waals surface area contributed by atoms with Gasteiger partial charge in [-0.1, -0.05) is 6.92 Å². The molecular weight excluding hydrogens is 200 g/mol. The number of fused-ring (bicyclic) bond motifs is 1. The van der Waals surface area contributed by atoms with Crippen molar-refractivity contribution < 1.29 is 0 Å². The number of aromatic nitrogens is 2. The molecular formula is C12H22N4. The second-order valence-electron chi connectivity index (χ2n) is 4.62. The zero-order valence-corrected chi connectivity index (χ0v) is 10.1. The van der Waals surface area contributed by atoms with Crippen LogP contribution in [0.2, 0.25) is 0 Å². The van der Waals surface area contributed by atoms with Gasteiger partial charge in [-0.05, 0) is 25.8 Å². The molecule has 0 spiro atoms. The van der Waals surface area contributed by atoms with E-state index in [1.807, 2.05) is 6.20 Å². The minimum absolute atomic E-state index is 0.381. The lowest BCUT2D eigenvalue weighted by molar-refractivity contribution is 0.211. The Morgan fingerprint density at radius 2 is 2.38 bits per heavy atom. The van der Waals surface area contributed by atoms with Gasteiger partial charge in [-0.25, -0.2) is 4.98 Å². The Kier molecular flexibility index (Phi) is 3.96. The third-order valence-corrected chi connectivity index (χ3v) is 3.40. The largest absolute Gasteiger partial charge is 0.333 e. The van der Waals surface area contributed by atoms with Crippen LogP contribution in [0.15, 0.2) is 12.4 Å². The van der Waals surface area contributed by atoms with Gasteiger partial charge in [-0.15, -0.1) is 0 Å². The molecule has 0 saturated carbocycles. The molecule has 0 aliphatic carbocycles. The minimum atomic E-state index is 0.381. The summed E-state index contributed by atoms with van der Waals surface area (Å²) < 4.78 is 2.24. The van der Waals surface area contributed by atoms with Crippen molar-refractivity contribution in [2.45, 2.75) is 45.3 Å². The van der Waals surface area contributed by atoms with Crippen LogP contribution >= 0.6 is 0 Å². The molecule has 2 N–H and O–H groups in total. The van der Waals surface area contributed by atoms with Gasteiger partial charge >= 0.3 is 0 Å². The van der Waals surface area contributed by atoms with Gasteiger partial charge in [0.05, 0.1) is 6.54 Å². The molecule has 4 heteroatoms. The molecule has 16 heavy (non-hydrogen) atoms. The molecule has 1 aliphatic rings. The fraction of sp³-hybridized carbons (Fsp3) is 0.750. The van der Waals surface area contributed by atoms with E-state index >= 15 is 0 Å². The highest BCUT2D eigenvalue weighted by molar-refractivity contribution is 4.95. The zero-order valence-electron chi connectivity index (χ0n) is 10.1. The Morgan fingerprint density at radius 3 is 3.19 bits per heavy atom. The van der Waals surface area contributed by atoms with E-state index in [-0.39, 0.29) is 0 Å². The summed E-state index contributed by atoms with van der Waals surface area (Å²) in [6.45, 7) is 6.52. The summed E-state index contributed by atoms with van der Waals surface area (Å²) in [5.74, 6) is 1.20. The van der Waals surface area contributed by atoms with Crippen LogP contribution in [0, 0.1) is 0 Å². The Morgan fingerprint density at radius 1 is 1.50 bits per heavy atom. The highest BCUT2D eigenvalue weighted by Gasteiger charge is 2.15. The number of hydrogen-bond acceptors (Lipinski definition) is 3. The van der Waals surface area contributed by atoms with Crippen LogP contribution < -0.4 is 5.73 Å². The molecule has 4 nitrogen and oxygen atoms in total. The first-order valence-corrected chi connectivity index (χ1v) is 6.27. The van der Waals surface area contributed by atoms with Gasteiger partial charge in [0.25, 0.3) is 0 Å². The topological polar surface area (TPSA) is 47.1 Å². The van der Waals surface area contributed by atoms with E-state index in [2.05, 4.69) is 27.6 Å². The molecule has 2 heterocycles. The van der Waals surface area contributed by atoms with Gasteiger partial charge in [0.1, 0.15) is 5.82 Å². The van der Waals surface area contributed by atoms with Crippen LogP contribution in [0.3, 0.4) is 0 Å². The fourth-order valence-corrected chi connectivity index (χ4v) is 2.20. The smallest absolute Gasteiger partial charge is 0.122 e. The number of nitrogens with zero attached hydrogens (tertiary/aromatic N) is 3. The maximum Gasteiger partial charge on any atom is 0.122 e. The predicted octanol–water partition coefficient (Wildman–Crippen LogP) is 1.22. The lowest BCUT2D eigenvalue weighted by Crippen LogP contribution is -2.34. The summed E-state index contributed by atoms with van der Waals surface area (Å²) in [7, 11) is 0. The van der Waals surface area contributed by atoms with Gasteiger partial charge in [0.15, 0.2) is 0 Å². The summed E-state index contributed by atoms with van der Waals surface area (Å²) in [5.41, 5.74) is 5.91. The first-order valence-electron chi connectivity index (χ1n) is 6.27. The average Bonchev–Trinajstić information content (AvgIpc) is 2.76. The maximum absolute atomic E-state index is 5.91. The Bertz CT molecular complexity index is 321. The van der Waals surface area contributed by atoms with Crippen molar-refractivity contribution in [2.24, 2.45) is 5.73 Å². The summed E-state index contributed by atoms with van der Waals surface area (Å²) >= 11 is 0. The molecule has 0 amide bonds. The third-order valence-electron chi connectivity index (χ3n) is 3.40. The summed E-state index contributed by atoms with van der Waals surface area (Å²) in [6.07, 6.45) is 7.40. The average molecular weight is 222 g/mol. The van der Waals surface area contributed by atoms with Crippen molar-refractivity contribution >= 4 is 0 Å². The summed E-state index contributed by atoms with van der Waals surface area (Å²) in [6, 6.07) is 0.381. The SMILES string of the molecule is CCC(N)CCCN1CCn2ccnc2C1. The van der Waals surface area contributed by atoms with Gasteiger partial charge < -0.3 is 10.3 Å². The van der Waals surface area contributed by atoms with Crippen LogP contribution in [-0.2, 0) is 13.1 Å². The molecule has 90 valence electrons. The molecule has 1 unspecified atom stereocenters. The number of rotatable bonds is 5. The monoisotopic (exact) mass is 222 g/mol. The zero-order chi connectivity index (χ0) is 11.4.